The summed E-state index contributed by atoms with van der Waals surface area (Å²) in [5.41, 5.74) is 0.226. The molecule has 4 rings (SSSR count). The predicted molar refractivity (Wildman–Crippen MR) is 99.4 cm³/mol. The standard InChI is InChI=1S/C22H34O4/c1-5-19-21(2)9-8-15-14(16(21)11-20(24)26-19)7-6-13-10-17(23)18(25-4)12-22(13,15)3/h5,13-19,23H,1,6-12H2,2-4H3. The summed E-state index contributed by atoms with van der Waals surface area (Å²) in [6, 6.07) is 0. The zero-order valence-electron chi connectivity index (χ0n) is 16.4. The Balaban J connectivity index is 1.65. The molecule has 0 aromatic heterocycles. The molecule has 1 aliphatic heterocycles. The molecule has 0 spiro atoms. The Morgan fingerprint density at radius 1 is 1.23 bits per heavy atom. The molecule has 3 aliphatic carbocycles. The molecule has 4 fully saturated rings. The van der Waals surface area contributed by atoms with Gasteiger partial charge in [-0.15, -0.1) is 0 Å². The molecule has 4 heteroatoms. The van der Waals surface area contributed by atoms with E-state index in [1.165, 1.54) is 12.8 Å². The van der Waals surface area contributed by atoms with Gasteiger partial charge in [-0.3, -0.25) is 4.79 Å². The van der Waals surface area contributed by atoms with E-state index in [4.69, 9.17) is 9.47 Å². The third-order valence-electron chi connectivity index (χ3n) is 8.91. The number of fused-ring (bicyclic) bond motifs is 5. The van der Waals surface area contributed by atoms with Crippen molar-refractivity contribution < 1.29 is 19.4 Å². The molecule has 0 aromatic rings. The molecule has 9 unspecified atom stereocenters. The maximum Gasteiger partial charge on any atom is 0.306 e. The van der Waals surface area contributed by atoms with Crippen LogP contribution in [0.25, 0.3) is 0 Å². The van der Waals surface area contributed by atoms with Crippen molar-refractivity contribution in [1.82, 2.24) is 0 Å². The van der Waals surface area contributed by atoms with Crippen LogP contribution >= 0.6 is 0 Å². The fraction of sp³-hybridized carbons (Fsp3) is 0.864. The van der Waals surface area contributed by atoms with Gasteiger partial charge in [0, 0.05) is 18.9 Å². The highest BCUT2D eigenvalue weighted by Crippen LogP contribution is 2.65. The lowest BCUT2D eigenvalue weighted by Crippen LogP contribution is -2.60. The van der Waals surface area contributed by atoms with Crippen molar-refractivity contribution >= 4 is 5.97 Å². The summed E-state index contributed by atoms with van der Waals surface area (Å²) in [7, 11) is 1.72. The van der Waals surface area contributed by atoms with E-state index in [0.29, 0.717) is 30.1 Å². The van der Waals surface area contributed by atoms with E-state index in [2.05, 4.69) is 20.4 Å². The number of hydrogen-bond donors (Lipinski definition) is 1. The Hall–Kier alpha value is -0.870. The van der Waals surface area contributed by atoms with Gasteiger partial charge in [0.1, 0.15) is 6.10 Å². The molecule has 3 saturated carbocycles. The zero-order chi connectivity index (χ0) is 18.7. The van der Waals surface area contributed by atoms with E-state index in [9.17, 15) is 9.90 Å². The van der Waals surface area contributed by atoms with Gasteiger partial charge >= 0.3 is 5.97 Å². The fourth-order valence-corrected chi connectivity index (χ4v) is 7.40. The molecule has 4 nitrogen and oxygen atoms in total. The Bertz CT molecular complexity index is 589. The van der Waals surface area contributed by atoms with Crippen molar-refractivity contribution in [2.75, 3.05) is 7.11 Å². The average Bonchev–Trinajstić information content (AvgIpc) is 2.61. The first kappa shape index (κ1) is 18.5. The molecule has 146 valence electrons. The minimum Gasteiger partial charge on any atom is -0.458 e. The van der Waals surface area contributed by atoms with Gasteiger partial charge in [0.15, 0.2) is 0 Å². The largest absolute Gasteiger partial charge is 0.458 e. The Labute approximate surface area is 157 Å². The van der Waals surface area contributed by atoms with E-state index >= 15 is 0 Å². The van der Waals surface area contributed by atoms with Crippen LogP contribution in [0.15, 0.2) is 12.7 Å². The number of carbonyl (C=O) groups excluding carboxylic acids is 1. The summed E-state index contributed by atoms with van der Waals surface area (Å²) in [4.78, 5) is 12.3. The topological polar surface area (TPSA) is 55.8 Å². The summed E-state index contributed by atoms with van der Waals surface area (Å²) in [6.07, 6.45) is 8.25. The monoisotopic (exact) mass is 362 g/mol. The van der Waals surface area contributed by atoms with Gasteiger partial charge in [0.05, 0.1) is 12.2 Å². The molecular weight excluding hydrogens is 328 g/mol. The first-order valence-corrected chi connectivity index (χ1v) is 10.4. The number of hydrogen-bond acceptors (Lipinski definition) is 4. The molecule has 26 heavy (non-hydrogen) atoms. The van der Waals surface area contributed by atoms with Crippen LogP contribution in [0.4, 0.5) is 0 Å². The second kappa shape index (κ2) is 6.34. The SMILES string of the molecule is C=CC1OC(=O)CC2C3CCC4CC(O)C(OC)CC4(C)C3CCC12C. The van der Waals surface area contributed by atoms with Crippen LogP contribution in [0.2, 0.25) is 0 Å². The Kier molecular flexibility index (Phi) is 4.51. The second-order valence-electron chi connectivity index (χ2n) is 9.83. The van der Waals surface area contributed by atoms with Gasteiger partial charge in [-0.05, 0) is 67.6 Å². The lowest BCUT2D eigenvalue weighted by molar-refractivity contribution is -0.203. The van der Waals surface area contributed by atoms with Crippen molar-refractivity contribution in [2.24, 2.45) is 34.5 Å². The van der Waals surface area contributed by atoms with Gasteiger partial charge < -0.3 is 14.6 Å². The zero-order valence-corrected chi connectivity index (χ0v) is 16.4. The van der Waals surface area contributed by atoms with Crippen molar-refractivity contribution in [3.8, 4) is 0 Å². The van der Waals surface area contributed by atoms with Gasteiger partial charge in [0.25, 0.3) is 0 Å². The maximum atomic E-state index is 12.3. The number of cyclic esters (lactones) is 1. The average molecular weight is 363 g/mol. The van der Waals surface area contributed by atoms with Crippen LogP contribution < -0.4 is 0 Å². The summed E-state index contributed by atoms with van der Waals surface area (Å²) in [5, 5.41) is 10.5. The minimum atomic E-state index is -0.335. The van der Waals surface area contributed by atoms with E-state index < -0.39 is 0 Å². The van der Waals surface area contributed by atoms with Crippen LogP contribution in [0.5, 0.6) is 0 Å². The van der Waals surface area contributed by atoms with Crippen molar-refractivity contribution in [2.45, 2.75) is 77.1 Å². The van der Waals surface area contributed by atoms with Gasteiger partial charge in [0.2, 0.25) is 0 Å². The normalized spacial score (nSPS) is 53.7. The quantitative estimate of drug-likeness (QED) is 0.601. The summed E-state index contributed by atoms with van der Waals surface area (Å²) in [5.74, 6) is 2.08. The summed E-state index contributed by atoms with van der Waals surface area (Å²) in [6.45, 7) is 8.69. The van der Waals surface area contributed by atoms with Gasteiger partial charge in [-0.2, -0.15) is 0 Å². The third-order valence-corrected chi connectivity index (χ3v) is 8.91. The molecule has 0 aromatic carbocycles. The number of aliphatic hydroxyl groups is 1. The Morgan fingerprint density at radius 3 is 2.69 bits per heavy atom. The van der Waals surface area contributed by atoms with Crippen LogP contribution in [0, 0.1) is 34.5 Å². The smallest absolute Gasteiger partial charge is 0.306 e. The lowest BCUT2D eigenvalue weighted by Gasteiger charge is -2.63. The molecule has 9 atom stereocenters. The van der Waals surface area contributed by atoms with Crippen LogP contribution in [0.3, 0.4) is 0 Å². The number of esters is 1. The highest BCUT2D eigenvalue weighted by atomic mass is 16.5. The first-order chi connectivity index (χ1) is 12.3. The van der Waals surface area contributed by atoms with Gasteiger partial charge in [-0.1, -0.05) is 26.5 Å². The van der Waals surface area contributed by atoms with E-state index in [1.807, 2.05) is 6.08 Å². The molecular formula is C22H34O4. The molecule has 1 saturated heterocycles. The summed E-state index contributed by atoms with van der Waals surface area (Å²) < 4.78 is 11.3. The summed E-state index contributed by atoms with van der Waals surface area (Å²) >= 11 is 0. The Morgan fingerprint density at radius 2 is 2.00 bits per heavy atom. The highest BCUT2D eigenvalue weighted by molar-refractivity contribution is 5.71. The highest BCUT2D eigenvalue weighted by Gasteiger charge is 2.61. The molecule has 0 bridgehead atoms. The molecule has 4 aliphatic rings. The van der Waals surface area contributed by atoms with E-state index in [-0.39, 0.29) is 35.1 Å². The molecule has 0 radical (unpaired) electrons. The van der Waals surface area contributed by atoms with Crippen molar-refractivity contribution in [3.05, 3.63) is 12.7 Å². The van der Waals surface area contributed by atoms with E-state index in [0.717, 1.165) is 25.7 Å². The number of carbonyl (C=O) groups is 1. The first-order valence-electron chi connectivity index (χ1n) is 10.4. The fourth-order valence-electron chi connectivity index (χ4n) is 7.40. The lowest BCUT2D eigenvalue weighted by atomic mass is 9.43. The predicted octanol–water partition coefficient (Wildman–Crippen LogP) is 3.72. The molecule has 1 N–H and O–H groups in total. The third kappa shape index (κ3) is 2.51. The number of rotatable bonds is 2. The van der Waals surface area contributed by atoms with E-state index in [1.54, 1.807) is 7.11 Å². The van der Waals surface area contributed by atoms with Crippen molar-refractivity contribution in [3.63, 3.8) is 0 Å². The number of ether oxygens (including phenoxy) is 2. The molecule has 1 heterocycles. The van der Waals surface area contributed by atoms with Crippen LogP contribution in [-0.2, 0) is 14.3 Å². The number of methoxy groups -OCH3 is 1. The van der Waals surface area contributed by atoms with Gasteiger partial charge in [-0.25, -0.2) is 0 Å². The maximum absolute atomic E-state index is 12.3. The number of aliphatic hydroxyl groups excluding tert-OH is 1. The van der Waals surface area contributed by atoms with Crippen LogP contribution in [0.1, 0.15) is 58.8 Å². The second-order valence-corrected chi connectivity index (χ2v) is 9.83. The van der Waals surface area contributed by atoms with Crippen LogP contribution in [-0.4, -0.2) is 36.5 Å². The van der Waals surface area contributed by atoms with Crippen molar-refractivity contribution in [1.29, 1.82) is 0 Å². The minimum absolute atomic E-state index is 0.0227. The molecule has 0 amide bonds.